The van der Waals surface area contributed by atoms with E-state index in [0.29, 0.717) is 18.7 Å². The van der Waals surface area contributed by atoms with Gasteiger partial charge < -0.3 is 9.80 Å². The Morgan fingerprint density at radius 1 is 1.16 bits per heavy atom. The summed E-state index contributed by atoms with van der Waals surface area (Å²) < 4.78 is 0. The van der Waals surface area contributed by atoms with Gasteiger partial charge in [0.2, 0.25) is 11.8 Å². The van der Waals surface area contributed by atoms with Crippen molar-refractivity contribution in [2.75, 3.05) is 18.8 Å². The molecule has 0 radical (unpaired) electrons. The molecule has 2 fully saturated rings. The number of hydrogen-bond donors (Lipinski definition) is 0. The van der Waals surface area contributed by atoms with Crippen molar-refractivity contribution in [2.24, 2.45) is 0 Å². The Morgan fingerprint density at radius 3 is 2.56 bits per heavy atom. The summed E-state index contributed by atoms with van der Waals surface area (Å²) in [6, 6.07) is 10.2. The van der Waals surface area contributed by atoms with Crippen molar-refractivity contribution in [1.29, 1.82) is 0 Å². The van der Waals surface area contributed by atoms with Crippen LogP contribution in [0, 0.1) is 0 Å². The second kappa shape index (κ2) is 8.26. The highest BCUT2D eigenvalue weighted by Gasteiger charge is 2.48. The highest BCUT2D eigenvalue weighted by molar-refractivity contribution is 8.01. The first-order valence-corrected chi connectivity index (χ1v) is 10.4. The van der Waals surface area contributed by atoms with E-state index in [9.17, 15) is 9.59 Å². The van der Waals surface area contributed by atoms with Crippen LogP contribution in [0.5, 0.6) is 0 Å². The molecule has 25 heavy (non-hydrogen) atoms. The van der Waals surface area contributed by atoms with Crippen molar-refractivity contribution < 1.29 is 9.59 Å². The summed E-state index contributed by atoms with van der Waals surface area (Å²) in [5.41, 5.74) is 1.18. The van der Waals surface area contributed by atoms with Crippen LogP contribution in [0.15, 0.2) is 30.3 Å². The molecule has 0 bridgehead atoms. The number of hydrogen-bond acceptors (Lipinski definition) is 3. The van der Waals surface area contributed by atoms with Gasteiger partial charge in [-0.25, -0.2) is 0 Å². The Kier molecular flexibility index (Phi) is 6.05. The second-order valence-electron chi connectivity index (χ2n) is 7.04. The smallest absolute Gasteiger partial charge is 0.234 e. The molecule has 0 unspecified atom stereocenters. The average Bonchev–Trinajstić information content (AvgIpc) is 2.93. The second-order valence-corrected chi connectivity index (χ2v) is 8.38. The van der Waals surface area contributed by atoms with Gasteiger partial charge in [0.25, 0.3) is 0 Å². The molecule has 2 amide bonds. The van der Waals surface area contributed by atoms with Crippen LogP contribution in [0.4, 0.5) is 0 Å². The van der Waals surface area contributed by atoms with E-state index < -0.39 is 0 Å². The van der Waals surface area contributed by atoms with Crippen LogP contribution in [0.1, 0.15) is 51.0 Å². The Bertz CT molecular complexity index is 597. The van der Waals surface area contributed by atoms with E-state index in [2.05, 4.69) is 24.0 Å². The molecule has 2 aliphatic heterocycles. The fourth-order valence-electron chi connectivity index (χ4n) is 3.78. The predicted octanol–water partition coefficient (Wildman–Crippen LogP) is 3.66. The van der Waals surface area contributed by atoms with E-state index in [0.717, 1.165) is 45.2 Å². The number of thioether (sulfide) groups is 1. The zero-order valence-corrected chi connectivity index (χ0v) is 15.9. The number of rotatable bonds is 6. The zero-order valence-electron chi connectivity index (χ0n) is 15.1. The monoisotopic (exact) mass is 360 g/mol. The van der Waals surface area contributed by atoms with Gasteiger partial charge in [-0.15, -0.1) is 11.8 Å². The molecule has 0 atom stereocenters. The minimum atomic E-state index is -0.118. The number of amides is 2. The van der Waals surface area contributed by atoms with Crippen molar-refractivity contribution in [1.82, 2.24) is 9.80 Å². The van der Waals surface area contributed by atoms with Crippen molar-refractivity contribution in [3.05, 3.63) is 35.9 Å². The average molecular weight is 361 g/mol. The summed E-state index contributed by atoms with van der Waals surface area (Å²) in [7, 11) is 0. The van der Waals surface area contributed by atoms with Crippen molar-refractivity contribution in [3.8, 4) is 0 Å². The molecular formula is C20H28N2O2S. The third-order valence-electron chi connectivity index (χ3n) is 5.33. The van der Waals surface area contributed by atoms with E-state index in [-0.39, 0.29) is 16.7 Å². The van der Waals surface area contributed by atoms with Crippen LogP contribution in [0.25, 0.3) is 0 Å². The highest BCUT2D eigenvalue weighted by atomic mass is 32.2. The van der Waals surface area contributed by atoms with Gasteiger partial charge >= 0.3 is 0 Å². The molecule has 4 nitrogen and oxygen atoms in total. The van der Waals surface area contributed by atoms with Crippen molar-refractivity contribution in [3.63, 3.8) is 0 Å². The van der Waals surface area contributed by atoms with E-state index >= 15 is 0 Å². The summed E-state index contributed by atoms with van der Waals surface area (Å²) in [4.78, 5) is 28.8. The van der Waals surface area contributed by atoms with Crippen LogP contribution in [-0.4, -0.2) is 45.3 Å². The number of nitrogens with zero attached hydrogens (tertiary/aromatic N) is 2. The minimum absolute atomic E-state index is 0.118. The first-order valence-electron chi connectivity index (χ1n) is 9.41. The standard InChI is InChI=1S/C20H28N2O2S/c1-2-3-5-10-18(23)21-13-11-20(12-14-21)22(19(24)16-25-20)15-17-8-6-4-7-9-17/h4,6-9H,2-3,5,10-16H2,1H3. The number of piperidine rings is 1. The van der Waals surface area contributed by atoms with E-state index in [1.54, 1.807) is 11.8 Å². The molecule has 136 valence electrons. The number of carbonyl (C=O) groups excluding carboxylic acids is 2. The molecule has 0 saturated carbocycles. The lowest BCUT2D eigenvalue weighted by Gasteiger charge is -2.44. The predicted molar refractivity (Wildman–Crippen MR) is 102 cm³/mol. The van der Waals surface area contributed by atoms with Crippen molar-refractivity contribution in [2.45, 2.75) is 56.9 Å². The van der Waals surface area contributed by atoms with Gasteiger partial charge in [0.05, 0.1) is 10.6 Å². The Hall–Kier alpha value is -1.49. The summed E-state index contributed by atoms with van der Waals surface area (Å²) in [5, 5.41) is 0. The van der Waals surface area contributed by atoms with Gasteiger partial charge in [-0.1, -0.05) is 50.1 Å². The van der Waals surface area contributed by atoms with E-state index in [4.69, 9.17) is 0 Å². The molecular weight excluding hydrogens is 332 g/mol. The van der Waals surface area contributed by atoms with E-state index in [1.807, 2.05) is 23.1 Å². The SMILES string of the molecule is CCCCCC(=O)N1CCC2(CC1)SCC(=O)N2Cc1ccccc1. The molecule has 3 rings (SSSR count). The number of likely N-dealkylation sites (tertiary alicyclic amines) is 1. The third kappa shape index (κ3) is 4.20. The molecule has 2 saturated heterocycles. The van der Waals surface area contributed by atoms with Gasteiger partial charge in [-0.05, 0) is 24.8 Å². The summed E-state index contributed by atoms with van der Waals surface area (Å²) in [6.07, 6.45) is 5.69. The molecule has 1 aromatic carbocycles. The molecule has 0 aromatic heterocycles. The molecule has 5 heteroatoms. The molecule has 1 aromatic rings. The van der Waals surface area contributed by atoms with Gasteiger partial charge in [-0.3, -0.25) is 9.59 Å². The molecule has 0 aliphatic carbocycles. The lowest BCUT2D eigenvalue weighted by atomic mass is 10.0. The first-order chi connectivity index (χ1) is 12.1. The largest absolute Gasteiger partial charge is 0.342 e. The summed E-state index contributed by atoms with van der Waals surface area (Å²) >= 11 is 1.77. The van der Waals surface area contributed by atoms with Gasteiger partial charge in [0.15, 0.2) is 0 Å². The fourth-order valence-corrected chi connectivity index (χ4v) is 5.12. The summed E-state index contributed by atoms with van der Waals surface area (Å²) in [6.45, 7) is 4.38. The summed E-state index contributed by atoms with van der Waals surface area (Å²) in [5.74, 6) is 1.08. The van der Waals surface area contributed by atoms with Gasteiger partial charge in [-0.2, -0.15) is 0 Å². The minimum Gasteiger partial charge on any atom is -0.342 e. The van der Waals surface area contributed by atoms with Crippen LogP contribution in [0.2, 0.25) is 0 Å². The van der Waals surface area contributed by atoms with Gasteiger partial charge in [0.1, 0.15) is 0 Å². The number of benzene rings is 1. The van der Waals surface area contributed by atoms with E-state index in [1.165, 1.54) is 5.56 Å². The fraction of sp³-hybridized carbons (Fsp3) is 0.600. The molecule has 2 aliphatic rings. The van der Waals surface area contributed by atoms with Gasteiger partial charge in [0, 0.05) is 26.1 Å². The topological polar surface area (TPSA) is 40.6 Å². The quantitative estimate of drug-likeness (QED) is 0.727. The van der Waals surface area contributed by atoms with Crippen molar-refractivity contribution >= 4 is 23.6 Å². The Balaban J connectivity index is 1.60. The maximum Gasteiger partial charge on any atom is 0.234 e. The highest BCUT2D eigenvalue weighted by Crippen LogP contribution is 2.45. The zero-order chi connectivity index (χ0) is 17.7. The lowest BCUT2D eigenvalue weighted by molar-refractivity contribution is -0.135. The maximum absolute atomic E-state index is 12.5. The van der Waals surface area contributed by atoms with Crippen LogP contribution >= 0.6 is 11.8 Å². The first kappa shape index (κ1) is 18.3. The lowest BCUT2D eigenvalue weighted by Crippen LogP contribution is -2.52. The van der Waals surface area contributed by atoms with Crippen LogP contribution < -0.4 is 0 Å². The number of unbranched alkanes of at least 4 members (excludes halogenated alkanes) is 2. The number of carbonyl (C=O) groups is 2. The molecule has 2 heterocycles. The normalized spacial score (nSPS) is 19.6. The Labute approximate surface area is 154 Å². The molecule has 1 spiro atoms. The molecule has 0 N–H and O–H groups in total. The third-order valence-corrected chi connectivity index (χ3v) is 6.89. The van der Waals surface area contributed by atoms with Crippen LogP contribution in [0.3, 0.4) is 0 Å². The maximum atomic E-state index is 12.5. The Morgan fingerprint density at radius 2 is 1.88 bits per heavy atom. The van der Waals surface area contributed by atoms with Crippen LogP contribution in [-0.2, 0) is 16.1 Å².